The lowest BCUT2D eigenvalue weighted by Crippen LogP contribution is -2.71. The van der Waals surface area contributed by atoms with Crippen LogP contribution in [0.15, 0.2) is 40.8 Å². The van der Waals surface area contributed by atoms with Crippen molar-refractivity contribution in [3.8, 4) is 0 Å². The van der Waals surface area contributed by atoms with E-state index in [1.807, 2.05) is 6.92 Å². The van der Waals surface area contributed by atoms with Gasteiger partial charge in [0.2, 0.25) is 5.91 Å². The number of benzene rings is 1. The van der Waals surface area contributed by atoms with Crippen LogP contribution < -0.4 is 5.32 Å². The Morgan fingerprint density at radius 1 is 1.31 bits per heavy atom. The molecule has 0 aromatic heterocycles. The van der Waals surface area contributed by atoms with Crippen LogP contribution in [0.2, 0.25) is 0 Å². The average molecular weight is 380 g/mol. The highest BCUT2D eigenvalue weighted by Gasteiger charge is 2.62. The van der Waals surface area contributed by atoms with E-state index in [1.165, 1.54) is 12.1 Å². The summed E-state index contributed by atoms with van der Waals surface area (Å²) in [5.41, 5.74) is 0.884. The number of hydrogen-bond acceptors (Lipinski definition) is 7. The fourth-order valence-corrected chi connectivity index (χ4v) is 4.64. The van der Waals surface area contributed by atoms with Crippen LogP contribution in [0.3, 0.4) is 0 Å². The molecule has 0 saturated carbocycles. The second-order valence-corrected chi connectivity index (χ2v) is 7.96. The molecule has 3 atom stereocenters. The smallest absolute Gasteiger partial charge is 0.449 e. The molecule has 0 bridgehead atoms. The fraction of sp³-hybridized carbons (Fsp3) is 0.375. The van der Waals surface area contributed by atoms with Crippen LogP contribution in [0.25, 0.3) is 0 Å². The summed E-state index contributed by atoms with van der Waals surface area (Å²) in [6, 6.07) is 5.20. The molecule has 3 heterocycles. The number of nitrogens with one attached hydrogen (secondary N) is 1. The fourth-order valence-electron chi connectivity index (χ4n) is 3.65. The summed E-state index contributed by atoms with van der Waals surface area (Å²) in [5.74, 6) is -1.28. The Bertz CT molecular complexity index is 922. The van der Waals surface area contributed by atoms with E-state index >= 15 is 0 Å². The number of amides is 1. The summed E-state index contributed by atoms with van der Waals surface area (Å²) in [7, 11) is -4.19. The Hall–Kier alpha value is -2.59. The highest BCUT2D eigenvalue weighted by molar-refractivity contribution is 7.86. The van der Waals surface area contributed by atoms with E-state index in [0.717, 1.165) is 10.5 Å². The van der Waals surface area contributed by atoms with E-state index in [0.29, 0.717) is 13.0 Å². The molecule has 138 valence electrons. The molecule has 9 nitrogen and oxygen atoms in total. The number of rotatable bonds is 4. The van der Waals surface area contributed by atoms with Crippen LogP contribution in [-0.4, -0.2) is 49.1 Å². The molecule has 2 fully saturated rings. The van der Waals surface area contributed by atoms with Crippen LogP contribution in [0.5, 0.6) is 0 Å². The van der Waals surface area contributed by atoms with Crippen LogP contribution >= 0.6 is 0 Å². The van der Waals surface area contributed by atoms with Crippen molar-refractivity contribution >= 4 is 22.2 Å². The lowest BCUT2D eigenvalue weighted by atomic mass is 9.82. The molecule has 1 unspecified atom stereocenters. The number of aryl methyl sites for hydroxylation is 1. The largest absolute Gasteiger partial charge is 0.512 e. The predicted molar refractivity (Wildman–Crippen MR) is 86.1 cm³/mol. The third-order valence-corrected chi connectivity index (χ3v) is 6.08. The van der Waals surface area contributed by atoms with Crippen molar-refractivity contribution in [2.45, 2.75) is 30.3 Å². The number of hydrogen-bond donors (Lipinski definition) is 2. The summed E-state index contributed by atoms with van der Waals surface area (Å²) in [6.07, 6.45) is -1.15. The number of carbonyl (C=O) groups excluding carboxylic acids is 1. The summed E-state index contributed by atoms with van der Waals surface area (Å²) in [4.78, 5) is 24.4. The van der Waals surface area contributed by atoms with Crippen molar-refractivity contribution in [1.82, 2.24) is 10.2 Å². The standard InChI is InChI=1S/C16H16N2O7S/c1-8-2-4-9(5-3-8)26(22,23)25-13-10-6-7-17-11-12(10)18(14(11)19)15(13)24-16(20)21/h2-5,10-12,17H,6-7H2,1H3,(H,20,21)/t10?,11-,12+/m0/s1. The summed E-state index contributed by atoms with van der Waals surface area (Å²) in [6.45, 7) is 2.31. The molecule has 2 saturated heterocycles. The Morgan fingerprint density at radius 2 is 2.00 bits per heavy atom. The minimum absolute atomic E-state index is 0.0590. The zero-order valence-electron chi connectivity index (χ0n) is 13.7. The highest BCUT2D eigenvalue weighted by Crippen LogP contribution is 2.47. The van der Waals surface area contributed by atoms with Crippen molar-refractivity contribution < 1.29 is 32.0 Å². The number of carbonyl (C=O) groups is 2. The SMILES string of the molecule is Cc1ccc(S(=O)(=O)OC2=C(OC(=O)O)N3C(=O)[C@H]4NCCC2[C@H]43)cc1. The van der Waals surface area contributed by atoms with E-state index < -0.39 is 34.3 Å². The van der Waals surface area contributed by atoms with Crippen LogP contribution in [0.1, 0.15) is 12.0 Å². The summed E-state index contributed by atoms with van der Waals surface area (Å²) >= 11 is 0. The molecular weight excluding hydrogens is 364 g/mol. The molecule has 3 aliphatic rings. The van der Waals surface area contributed by atoms with E-state index in [2.05, 4.69) is 5.32 Å². The maximum Gasteiger partial charge on any atom is 0.512 e. The number of β-lactam (4-membered cyclic amide) rings is 1. The van der Waals surface area contributed by atoms with Crippen molar-refractivity contribution in [2.75, 3.05) is 6.54 Å². The van der Waals surface area contributed by atoms with Crippen molar-refractivity contribution in [3.63, 3.8) is 0 Å². The van der Waals surface area contributed by atoms with Gasteiger partial charge in [0.25, 0.3) is 5.88 Å². The van der Waals surface area contributed by atoms with Crippen LogP contribution in [0, 0.1) is 12.8 Å². The Labute approximate surface area is 149 Å². The molecule has 0 radical (unpaired) electrons. The first-order valence-electron chi connectivity index (χ1n) is 8.02. The van der Waals surface area contributed by atoms with Crippen LogP contribution in [-0.2, 0) is 23.8 Å². The quantitative estimate of drug-likeness (QED) is 0.446. The molecule has 3 aliphatic heterocycles. The highest BCUT2D eigenvalue weighted by atomic mass is 32.2. The Balaban J connectivity index is 1.72. The molecule has 1 aromatic carbocycles. The van der Waals surface area contributed by atoms with Gasteiger partial charge in [0.15, 0.2) is 5.76 Å². The van der Waals surface area contributed by atoms with Crippen LogP contribution in [0.4, 0.5) is 4.79 Å². The molecule has 0 spiro atoms. The number of piperidine rings is 1. The minimum Gasteiger partial charge on any atom is -0.449 e. The Morgan fingerprint density at radius 3 is 2.65 bits per heavy atom. The zero-order valence-corrected chi connectivity index (χ0v) is 14.5. The first-order valence-corrected chi connectivity index (χ1v) is 9.43. The van der Waals surface area contributed by atoms with Gasteiger partial charge in [-0.1, -0.05) is 17.7 Å². The zero-order chi connectivity index (χ0) is 18.6. The summed E-state index contributed by atoms with van der Waals surface area (Å²) in [5, 5.41) is 12.0. The normalized spacial score (nSPS) is 27.0. The second kappa shape index (κ2) is 5.71. The van der Waals surface area contributed by atoms with E-state index in [9.17, 15) is 18.0 Å². The van der Waals surface area contributed by atoms with E-state index in [4.69, 9.17) is 14.0 Å². The molecular formula is C16H16N2O7S. The monoisotopic (exact) mass is 380 g/mol. The minimum atomic E-state index is -4.19. The number of nitrogens with zero attached hydrogens (tertiary/aromatic N) is 1. The van der Waals surface area contributed by atoms with Gasteiger partial charge in [-0.3, -0.25) is 9.69 Å². The van der Waals surface area contributed by atoms with Crippen molar-refractivity contribution in [3.05, 3.63) is 41.5 Å². The third kappa shape index (κ3) is 2.44. The maximum absolute atomic E-state index is 12.6. The molecule has 1 aromatic rings. The summed E-state index contributed by atoms with van der Waals surface area (Å²) < 4.78 is 35.3. The number of ether oxygens (including phenoxy) is 1. The van der Waals surface area contributed by atoms with Gasteiger partial charge in [-0.25, -0.2) is 4.79 Å². The molecule has 4 rings (SSSR count). The third-order valence-electron chi connectivity index (χ3n) is 4.83. The van der Waals surface area contributed by atoms with Gasteiger partial charge in [0.1, 0.15) is 10.9 Å². The molecule has 10 heteroatoms. The van der Waals surface area contributed by atoms with Crippen molar-refractivity contribution in [1.29, 1.82) is 0 Å². The van der Waals surface area contributed by atoms with Crippen molar-refractivity contribution in [2.24, 2.45) is 5.92 Å². The van der Waals surface area contributed by atoms with E-state index in [1.54, 1.807) is 12.1 Å². The van der Waals surface area contributed by atoms with Gasteiger partial charge in [-0.15, -0.1) is 0 Å². The van der Waals surface area contributed by atoms with Gasteiger partial charge in [-0.2, -0.15) is 8.42 Å². The average Bonchev–Trinajstić information content (AvgIpc) is 2.86. The second-order valence-electron chi connectivity index (χ2n) is 6.41. The van der Waals surface area contributed by atoms with Gasteiger partial charge in [0, 0.05) is 5.92 Å². The lowest BCUT2D eigenvalue weighted by Gasteiger charge is -2.47. The van der Waals surface area contributed by atoms with E-state index in [-0.39, 0.29) is 22.4 Å². The maximum atomic E-state index is 12.6. The first kappa shape index (κ1) is 16.9. The molecule has 26 heavy (non-hydrogen) atoms. The molecule has 0 aliphatic carbocycles. The lowest BCUT2D eigenvalue weighted by molar-refractivity contribution is -0.152. The predicted octanol–water partition coefficient (Wildman–Crippen LogP) is 0.767. The van der Waals surface area contributed by atoms with Gasteiger partial charge in [-0.05, 0) is 32.0 Å². The topological polar surface area (TPSA) is 122 Å². The molecule has 1 amide bonds. The van der Waals surface area contributed by atoms with Gasteiger partial charge in [0.05, 0.1) is 6.04 Å². The van der Waals surface area contributed by atoms with Gasteiger partial charge >= 0.3 is 16.3 Å². The number of carboxylic acid groups (broad SMARTS) is 1. The molecule has 2 N–H and O–H groups in total. The first-order chi connectivity index (χ1) is 12.3. The van der Waals surface area contributed by atoms with Gasteiger partial charge < -0.3 is 19.3 Å². The Kier molecular flexibility index (Phi) is 3.70.